The van der Waals surface area contributed by atoms with E-state index in [1.807, 2.05) is 24.1 Å². The predicted molar refractivity (Wildman–Crippen MR) is 159 cm³/mol. The first-order valence-corrected chi connectivity index (χ1v) is 14.2. The molecule has 1 aromatic carbocycles. The highest BCUT2D eigenvalue weighted by molar-refractivity contribution is 7.13. The normalized spacial score (nSPS) is 13.0. The van der Waals surface area contributed by atoms with E-state index in [9.17, 15) is 4.79 Å². The molecule has 1 unspecified atom stereocenters. The first-order chi connectivity index (χ1) is 18.5. The molecule has 7 nitrogen and oxygen atoms in total. The maximum absolute atomic E-state index is 12.7. The molecule has 0 spiro atoms. The van der Waals surface area contributed by atoms with E-state index >= 15 is 0 Å². The predicted octanol–water partition coefficient (Wildman–Crippen LogP) is 6.76. The van der Waals surface area contributed by atoms with Crippen LogP contribution in [0, 0.1) is 19.8 Å². The van der Waals surface area contributed by atoms with Gasteiger partial charge in [-0.25, -0.2) is 15.0 Å². The number of hydrogen-bond acceptors (Lipinski definition) is 6. The molecule has 0 aliphatic carbocycles. The van der Waals surface area contributed by atoms with Crippen molar-refractivity contribution < 1.29 is 4.79 Å². The first-order valence-electron chi connectivity index (χ1n) is 13.3. The Morgan fingerprint density at radius 3 is 2.54 bits per heavy atom. The number of amides is 1. The number of allylic oxidation sites excluding steroid dienone is 1. The molecule has 39 heavy (non-hydrogen) atoms. The Bertz CT molecular complexity index is 1510. The first kappa shape index (κ1) is 28.4. The van der Waals surface area contributed by atoms with Gasteiger partial charge in [-0.1, -0.05) is 46.8 Å². The van der Waals surface area contributed by atoms with Crippen molar-refractivity contribution in [2.75, 3.05) is 0 Å². The highest BCUT2D eigenvalue weighted by atomic mass is 32.1. The van der Waals surface area contributed by atoms with Crippen molar-refractivity contribution in [1.29, 1.82) is 0 Å². The van der Waals surface area contributed by atoms with Crippen LogP contribution in [0.25, 0.3) is 22.9 Å². The van der Waals surface area contributed by atoms with Gasteiger partial charge in [0.15, 0.2) is 5.01 Å². The fourth-order valence-corrected chi connectivity index (χ4v) is 5.26. The minimum atomic E-state index is -0.146. The van der Waals surface area contributed by atoms with Gasteiger partial charge in [0.25, 0.3) is 5.91 Å². The highest BCUT2D eigenvalue weighted by Gasteiger charge is 2.20. The number of benzene rings is 1. The van der Waals surface area contributed by atoms with E-state index in [0.717, 1.165) is 50.5 Å². The molecule has 0 fully saturated rings. The summed E-state index contributed by atoms with van der Waals surface area (Å²) in [6.07, 6.45) is 10.6. The fraction of sp³-hybridized carbons (Fsp3) is 0.387. The number of hydrogen-bond donors (Lipinski definition) is 1. The molecular weight excluding hydrogens is 504 g/mol. The van der Waals surface area contributed by atoms with Gasteiger partial charge >= 0.3 is 0 Å². The van der Waals surface area contributed by atoms with Crippen molar-refractivity contribution in [3.8, 4) is 11.3 Å². The lowest BCUT2D eigenvalue weighted by Gasteiger charge is -2.15. The minimum absolute atomic E-state index is 0.0219. The van der Waals surface area contributed by atoms with Crippen LogP contribution in [0.2, 0.25) is 0 Å². The molecule has 1 N–H and O–H groups in total. The third-order valence-corrected chi connectivity index (χ3v) is 8.51. The SMILES string of the molecule is CCC(C)/C(=C\c1ncnc(-c2ccc(CNC(=O)c3ncc(C(C)(C)C)s3)c(C)c2)c1C)c1cnn(C)c1. The summed E-state index contributed by atoms with van der Waals surface area (Å²) in [4.78, 5) is 27.4. The Morgan fingerprint density at radius 1 is 1.15 bits per heavy atom. The Balaban J connectivity index is 1.55. The van der Waals surface area contributed by atoms with Crippen LogP contribution in [0.5, 0.6) is 0 Å². The molecule has 0 radical (unpaired) electrons. The van der Waals surface area contributed by atoms with Crippen molar-refractivity contribution in [2.45, 2.75) is 66.8 Å². The van der Waals surface area contributed by atoms with E-state index in [0.29, 0.717) is 17.5 Å². The lowest BCUT2D eigenvalue weighted by Crippen LogP contribution is -2.23. The number of nitrogens with one attached hydrogen (secondary N) is 1. The Labute approximate surface area is 235 Å². The van der Waals surface area contributed by atoms with Gasteiger partial charge in [-0.2, -0.15) is 5.10 Å². The maximum Gasteiger partial charge on any atom is 0.280 e. The van der Waals surface area contributed by atoms with Gasteiger partial charge < -0.3 is 5.32 Å². The van der Waals surface area contributed by atoms with E-state index in [1.165, 1.54) is 16.9 Å². The molecule has 4 aromatic rings. The summed E-state index contributed by atoms with van der Waals surface area (Å²) in [5, 5.41) is 7.89. The maximum atomic E-state index is 12.7. The molecule has 1 atom stereocenters. The van der Waals surface area contributed by atoms with E-state index in [2.05, 4.69) is 98.1 Å². The smallest absolute Gasteiger partial charge is 0.280 e. The molecule has 0 aliphatic rings. The standard InChI is InChI=1S/C31H38N6OS/c1-9-19(2)25(24-15-36-37(8)17-24)13-26-21(4)28(35-18-34-26)22-10-11-23(20(3)12-22)14-32-29(38)30-33-16-27(39-30)31(5,6)7/h10-13,15-19H,9,14H2,1-8H3,(H,32,38)/b25-13+. The second-order valence-corrected chi connectivity index (χ2v) is 12.2. The lowest BCUT2D eigenvalue weighted by molar-refractivity contribution is 0.0950. The van der Waals surface area contributed by atoms with Gasteiger partial charge in [-0.05, 0) is 60.4 Å². The van der Waals surface area contributed by atoms with Crippen molar-refractivity contribution in [3.63, 3.8) is 0 Å². The molecular formula is C31H38N6OS. The Kier molecular flexibility index (Phi) is 8.45. The number of aryl methyl sites for hydroxylation is 2. The summed E-state index contributed by atoms with van der Waals surface area (Å²) < 4.78 is 1.83. The second kappa shape index (κ2) is 11.6. The second-order valence-electron chi connectivity index (χ2n) is 11.1. The molecule has 0 saturated heterocycles. The van der Waals surface area contributed by atoms with Crippen LogP contribution in [0.4, 0.5) is 0 Å². The molecule has 204 valence electrons. The van der Waals surface area contributed by atoms with E-state index in [1.54, 1.807) is 12.5 Å². The minimum Gasteiger partial charge on any atom is -0.346 e. The van der Waals surface area contributed by atoms with Crippen LogP contribution < -0.4 is 5.32 Å². The van der Waals surface area contributed by atoms with Crippen LogP contribution in [-0.2, 0) is 19.0 Å². The highest BCUT2D eigenvalue weighted by Crippen LogP contribution is 2.31. The summed E-state index contributed by atoms with van der Waals surface area (Å²) in [7, 11) is 1.94. The van der Waals surface area contributed by atoms with Crippen molar-refractivity contribution >= 4 is 28.9 Å². The topological polar surface area (TPSA) is 85.6 Å². The van der Waals surface area contributed by atoms with Gasteiger partial charge in [0.2, 0.25) is 0 Å². The number of thiazole rings is 1. The van der Waals surface area contributed by atoms with Gasteiger partial charge in [0.05, 0.1) is 17.6 Å². The van der Waals surface area contributed by atoms with Crippen molar-refractivity contribution in [1.82, 2.24) is 30.0 Å². The zero-order chi connectivity index (χ0) is 28.3. The molecule has 4 rings (SSSR count). The van der Waals surface area contributed by atoms with Gasteiger partial charge in [0.1, 0.15) is 6.33 Å². The zero-order valence-electron chi connectivity index (χ0n) is 24.2. The van der Waals surface area contributed by atoms with Gasteiger partial charge in [0, 0.05) is 47.6 Å². The van der Waals surface area contributed by atoms with E-state index in [4.69, 9.17) is 0 Å². The summed E-state index contributed by atoms with van der Waals surface area (Å²) in [5.41, 5.74) is 8.32. The summed E-state index contributed by atoms with van der Waals surface area (Å²) in [6, 6.07) is 6.25. The molecule has 1 amide bonds. The molecule has 3 heterocycles. The summed E-state index contributed by atoms with van der Waals surface area (Å²) in [6.45, 7) is 15.4. The fourth-order valence-electron chi connectivity index (χ4n) is 4.37. The van der Waals surface area contributed by atoms with E-state index < -0.39 is 0 Å². The number of rotatable bonds is 8. The average molecular weight is 543 g/mol. The Hall–Kier alpha value is -3.65. The molecule has 3 aromatic heterocycles. The number of aromatic nitrogens is 5. The zero-order valence-corrected chi connectivity index (χ0v) is 25.0. The molecule has 0 bridgehead atoms. The monoisotopic (exact) mass is 542 g/mol. The van der Waals surface area contributed by atoms with Gasteiger partial charge in [-0.3, -0.25) is 9.48 Å². The summed E-state index contributed by atoms with van der Waals surface area (Å²) in [5.74, 6) is 0.223. The third-order valence-electron chi connectivity index (χ3n) is 7.09. The largest absolute Gasteiger partial charge is 0.346 e. The Morgan fingerprint density at radius 2 is 1.92 bits per heavy atom. The van der Waals surface area contributed by atoms with E-state index in [-0.39, 0.29) is 11.3 Å². The van der Waals surface area contributed by atoms with Crippen LogP contribution >= 0.6 is 11.3 Å². The van der Waals surface area contributed by atoms with Crippen LogP contribution in [0.3, 0.4) is 0 Å². The van der Waals surface area contributed by atoms with Crippen molar-refractivity contribution in [3.05, 3.63) is 80.9 Å². The van der Waals surface area contributed by atoms with Gasteiger partial charge in [-0.15, -0.1) is 11.3 Å². The number of carbonyl (C=O) groups excluding carboxylic acids is 1. The number of nitrogens with zero attached hydrogens (tertiary/aromatic N) is 5. The molecule has 0 saturated carbocycles. The molecule has 0 aliphatic heterocycles. The molecule has 8 heteroatoms. The van der Waals surface area contributed by atoms with Crippen LogP contribution in [0.1, 0.15) is 83.7 Å². The lowest BCUT2D eigenvalue weighted by atomic mass is 9.92. The van der Waals surface area contributed by atoms with Crippen LogP contribution in [-0.4, -0.2) is 30.6 Å². The van der Waals surface area contributed by atoms with Crippen LogP contribution in [0.15, 0.2) is 43.1 Å². The quantitative estimate of drug-likeness (QED) is 0.266. The third kappa shape index (κ3) is 6.50. The summed E-state index contributed by atoms with van der Waals surface area (Å²) >= 11 is 1.45. The van der Waals surface area contributed by atoms with Crippen molar-refractivity contribution in [2.24, 2.45) is 13.0 Å². The number of carbonyl (C=O) groups is 1. The average Bonchev–Trinajstić information content (AvgIpc) is 3.56.